The summed E-state index contributed by atoms with van der Waals surface area (Å²) >= 11 is 5.98. The number of carbonyl (C=O) groups excluding carboxylic acids is 1. The average molecular weight is 412 g/mol. The molecule has 0 aliphatic rings. The minimum absolute atomic E-state index is 0.238. The Morgan fingerprint density at radius 1 is 0.966 bits per heavy atom. The molecule has 0 fully saturated rings. The molecule has 3 rings (SSSR count). The van der Waals surface area contributed by atoms with E-state index >= 15 is 0 Å². The zero-order chi connectivity index (χ0) is 20.6. The summed E-state index contributed by atoms with van der Waals surface area (Å²) in [6, 6.07) is 19.6. The third kappa shape index (κ3) is 5.65. The maximum atomic E-state index is 12.7. The third-order valence-corrected chi connectivity index (χ3v) is 4.38. The molecule has 29 heavy (non-hydrogen) atoms. The van der Waals surface area contributed by atoms with Gasteiger partial charge in [-0.25, -0.2) is 0 Å². The monoisotopic (exact) mass is 411 g/mol. The minimum Gasteiger partial charge on any atom is -0.497 e. The molecule has 3 aromatic carbocycles. The van der Waals surface area contributed by atoms with E-state index < -0.39 is 0 Å². The standard InChI is InChI=1S/C23H22ClNO4/c1-3-28-22-11-10-16(23(26)25-19-7-4-6-18(24)13-19)12-17(22)15-29-21-9-5-8-20(14-21)27-2/h4-14H,3,15H2,1-2H3,(H,25,26). The minimum atomic E-state index is -0.238. The molecule has 6 heteroatoms. The molecule has 5 nitrogen and oxygen atoms in total. The second-order valence-electron chi connectivity index (χ2n) is 6.19. The van der Waals surface area contributed by atoms with Crippen molar-refractivity contribution in [2.24, 2.45) is 0 Å². The fourth-order valence-corrected chi connectivity index (χ4v) is 2.94. The molecule has 0 heterocycles. The summed E-state index contributed by atoms with van der Waals surface area (Å²) in [4.78, 5) is 12.7. The molecule has 1 amide bonds. The van der Waals surface area contributed by atoms with Crippen molar-refractivity contribution in [1.82, 2.24) is 0 Å². The highest BCUT2D eigenvalue weighted by atomic mass is 35.5. The average Bonchev–Trinajstić information content (AvgIpc) is 2.73. The quantitative estimate of drug-likeness (QED) is 0.525. The summed E-state index contributed by atoms with van der Waals surface area (Å²) in [5.74, 6) is 1.82. The Morgan fingerprint density at radius 2 is 1.76 bits per heavy atom. The van der Waals surface area contributed by atoms with Gasteiger partial charge < -0.3 is 19.5 Å². The fraction of sp³-hybridized carbons (Fsp3) is 0.174. The lowest BCUT2D eigenvalue weighted by atomic mass is 10.1. The van der Waals surface area contributed by atoms with Crippen molar-refractivity contribution in [1.29, 1.82) is 0 Å². The first kappa shape index (κ1) is 20.6. The summed E-state index contributed by atoms with van der Waals surface area (Å²) in [6.45, 7) is 2.67. The molecule has 0 unspecified atom stereocenters. The third-order valence-electron chi connectivity index (χ3n) is 4.14. The molecule has 1 N–H and O–H groups in total. The Morgan fingerprint density at radius 3 is 2.52 bits per heavy atom. The maximum absolute atomic E-state index is 12.7. The molecular formula is C23H22ClNO4. The van der Waals surface area contributed by atoms with Crippen LogP contribution in [0.15, 0.2) is 66.7 Å². The van der Waals surface area contributed by atoms with E-state index in [0.29, 0.717) is 40.1 Å². The number of anilines is 1. The van der Waals surface area contributed by atoms with Gasteiger partial charge in [0.05, 0.1) is 13.7 Å². The van der Waals surface area contributed by atoms with Crippen LogP contribution >= 0.6 is 11.6 Å². The first-order valence-corrected chi connectivity index (χ1v) is 9.56. The van der Waals surface area contributed by atoms with Crippen molar-refractivity contribution in [3.8, 4) is 17.2 Å². The van der Waals surface area contributed by atoms with Crippen LogP contribution in [0.1, 0.15) is 22.8 Å². The van der Waals surface area contributed by atoms with Crippen molar-refractivity contribution in [3.63, 3.8) is 0 Å². The van der Waals surface area contributed by atoms with Crippen molar-refractivity contribution in [2.75, 3.05) is 19.0 Å². The van der Waals surface area contributed by atoms with E-state index in [1.54, 1.807) is 55.6 Å². The summed E-state index contributed by atoms with van der Waals surface area (Å²) in [5.41, 5.74) is 1.90. The molecule has 0 atom stereocenters. The van der Waals surface area contributed by atoms with Crippen LogP contribution in [0.3, 0.4) is 0 Å². The van der Waals surface area contributed by atoms with Crippen molar-refractivity contribution >= 4 is 23.2 Å². The van der Waals surface area contributed by atoms with Gasteiger partial charge in [-0.2, -0.15) is 0 Å². The molecule has 0 spiro atoms. The smallest absolute Gasteiger partial charge is 0.255 e. The van der Waals surface area contributed by atoms with Crippen LogP contribution in [-0.4, -0.2) is 19.6 Å². The van der Waals surface area contributed by atoms with Gasteiger partial charge in [0.15, 0.2) is 0 Å². The second kappa shape index (κ2) is 9.85. The van der Waals surface area contributed by atoms with E-state index in [4.69, 9.17) is 25.8 Å². The van der Waals surface area contributed by atoms with Crippen LogP contribution in [0, 0.1) is 0 Å². The molecule has 3 aromatic rings. The number of methoxy groups -OCH3 is 1. The molecule has 0 saturated carbocycles. The largest absolute Gasteiger partial charge is 0.497 e. The number of carbonyl (C=O) groups is 1. The Labute approximate surface area is 175 Å². The number of halogens is 1. The van der Waals surface area contributed by atoms with Crippen LogP contribution in [0.2, 0.25) is 5.02 Å². The number of hydrogen-bond acceptors (Lipinski definition) is 4. The van der Waals surface area contributed by atoms with Gasteiger partial charge in [-0.1, -0.05) is 23.7 Å². The first-order valence-electron chi connectivity index (χ1n) is 9.18. The van der Waals surface area contributed by atoms with Crippen LogP contribution in [0.5, 0.6) is 17.2 Å². The number of hydrogen-bond donors (Lipinski definition) is 1. The van der Waals surface area contributed by atoms with E-state index in [-0.39, 0.29) is 12.5 Å². The molecule has 0 radical (unpaired) electrons. The van der Waals surface area contributed by atoms with E-state index in [1.807, 2.05) is 25.1 Å². The highest BCUT2D eigenvalue weighted by molar-refractivity contribution is 6.30. The molecule has 0 aromatic heterocycles. The molecule has 0 bridgehead atoms. The SMILES string of the molecule is CCOc1ccc(C(=O)Nc2cccc(Cl)c2)cc1COc1cccc(OC)c1. The van der Waals surface area contributed by atoms with Gasteiger partial charge in [0.25, 0.3) is 5.91 Å². The predicted molar refractivity (Wildman–Crippen MR) is 114 cm³/mol. The van der Waals surface area contributed by atoms with Crippen molar-refractivity contribution in [2.45, 2.75) is 13.5 Å². The maximum Gasteiger partial charge on any atom is 0.255 e. The number of nitrogens with one attached hydrogen (secondary N) is 1. The van der Waals surface area contributed by atoms with E-state index in [1.165, 1.54) is 0 Å². The Hall–Kier alpha value is -3.18. The van der Waals surface area contributed by atoms with Crippen molar-refractivity contribution < 1.29 is 19.0 Å². The topological polar surface area (TPSA) is 56.8 Å². The summed E-state index contributed by atoms with van der Waals surface area (Å²) < 4.78 is 16.8. The lowest BCUT2D eigenvalue weighted by Gasteiger charge is -2.14. The van der Waals surface area contributed by atoms with Crippen LogP contribution < -0.4 is 19.5 Å². The van der Waals surface area contributed by atoms with E-state index in [9.17, 15) is 4.79 Å². The number of ether oxygens (including phenoxy) is 3. The predicted octanol–water partition coefficient (Wildman–Crippen LogP) is 5.58. The Balaban J connectivity index is 1.78. The summed E-state index contributed by atoms with van der Waals surface area (Å²) in [6.07, 6.45) is 0. The van der Waals surface area contributed by atoms with Crippen LogP contribution in [0.25, 0.3) is 0 Å². The van der Waals surface area contributed by atoms with Gasteiger partial charge in [0.1, 0.15) is 23.9 Å². The van der Waals surface area contributed by atoms with Crippen LogP contribution in [-0.2, 0) is 6.61 Å². The lowest BCUT2D eigenvalue weighted by molar-refractivity contribution is 0.102. The zero-order valence-electron chi connectivity index (χ0n) is 16.3. The number of amides is 1. The fourth-order valence-electron chi connectivity index (χ4n) is 2.75. The number of rotatable bonds is 8. The van der Waals surface area contributed by atoms with Gasteiger partial charge in [-0.05, 0) is 55.5 Å². The molecular weight excluding hydrogens is 390 g/mol. The van der Waals surface area contributed by atoms with Gasteiger partial charge >= 0.3 is 0 Å². The molecule has 0 saturated heterocycles. The molecule has 0 aliphatic heterocycles. The Bertz CT molecular complexity index is 990. The van der Waals surface area contributed by atoms with E-state index in [2.05, 4.69) is 5.32 Å². The molecule has 0 aliphatic carbocycles. The van der Waals surface area contributed by atoms with Crippen LogP contribution in [0.4, 0.5) is 5.69 Å². The summed E-state index contributed by atoms with van der Waals surface area (Å²) in [5, 5.41) is 3.40. The second-order valence-corrected chi connectivity index (χ2v) is 6.62. The highest BCUT2D eigenvalue weighted by Crippen LogP contribution is 2.25. The number of benzene rings is 3. The normalized spacial score (nSPS) is 10.3. The van der Waals surface area contributed by atoms with E-state index in [0.717, 1.165) is 5.56 Å². The van der Waals surface area contributed by atoms with Gasteiger partial charge in [-0.15, -0.1) is 0 Å². The highest BCUT2D eigenvalue weighted by Gasteiger charge is 2.12. The lowest BCUT2D eigenvalue weighted by Crippen LogP contribution is -2.13. The van der Waals surface area contributed by atoms with Gasteiger partial charge in [-0.3, -0.25) is 4.79 Å². The Kier molecular flexibility index (Phi) is 6.98. The molecule has 150 valence electrons. The van der Waals surface area contributed by atoms with Gasteiger partial charge in [0.2, 0.25) is 0 Å². The summed E-state index contributed by atoms with van der Waals surface area (Å²) in [7, 11) is 1.61. The first-order chi connectivity index (χ1) is 14.1. The van der Waals surface area contributed by atoms with Gasteiger partial charge in [0, 0.05) is 27.9 Å². The zero-order valence-corrected chi connectivity index (χ0v) is 17.0. The van der Waals surface area contributed by atoms with Crippen molar-refractivity contribution in [3.05, 3.63) is 82.9 Å².